The van der Waals surface area contributed by atoms with Gasteiger partial charge in [0, 0.05) is 18.2 Å². The van der Waals surface area contributed by atoms with Crippen molar-refractivity contribution in [3.8, 4) is 17.1 Å². The molecule has 1 unspecified atom stereocenters. The van der Waals surface area contributed by atoms with Crippen LogP contribution in [0.15, 0.2) is 36.4 Å². The smallest absolute Gasteiger partial charge is 0.193 e. The van der Waals surface area contributed by atoms with E-state index in [1.807, 2.05) is 12.1 Å². The lowest BCUT2D eigenvalue weighted by Crippen LogP contribution is -2.34. The van der Waals surface area contributed by atoms with Gasteiger partial charge in [0.1, 0.15) is 18.3 Å². The van der Waals surface area contributed by atoms with E-state index in [2.05, 4.69) is 29.2 Å². The second-order valence-electron chi connectivity index (χ2n) is 9.73. The molecule has 3 fully saturated rings. The average Bonchev–Trinajstić information content (AvgIpc) is 3.55. The Bertz CT molecular complexity index is 1160. The number of nitrogens with zero attached hydrogens (tertiary/aromatic N) is 1. The first-order valence-electron chi connectivity index (χ1n) is 12.1. The first kappa shape index (κ1) is 22.3. The number of aromatic amines is 1. The zero-order chi connectivity index (χ0) is 23.2. The molecule has 2 aromatic heterocycles. The number of halogens is 1. The van der Waals surface area contributed by atoms with E-state index in [1.54, 1.807) is 0 Å². The highest BCUT2D eigenvalue weighted by molar-refractivity contribution is 6.33. The van der Waals surface area contributed by atoms with Gasteiger partial charge in [-0.25, -0.2) is 4.98 Å². The van der Waals surface area contributed by atoms with Crippen LogP contribution in [0.1, 0.15) is 37.2 Å². The number of ether oxygens (including phenoxy) is 3. The molecule has 6 rings (SSSR count). The summed E-state index contributed by atoms with van der Waals surface area (Å²) in [5.41, 5.74) is 4.61. The molecule has 4 heterocycles. The normalized spacial score (nSPS) is 31.1. The number of fused-ring (bicyclic) bond motifs is 2. The summed E-state index contributed by atoms with van der Waals surface area (Å²) in [6.07, 6.45) is 2.93. The fourth-order valence-electron chi connectivity index (χ4n) is 5.57. The van der Waals surface area contributed by atoms with E-state index in [0.717, 1.165) is 48.0 Å². The van der Waals surface area contributed by atoms with Gasteiger partial charge in [0.05, 0.1) is 35.0 Å². The van der Waals surface area contributed by atoms with E-state index >= 15 is 0 Å². The lowest BCUT2D eigenvalue weighted by atomic mass is 9.79. The fourth-order valence-corrected chi connectivity index (χ4v) is 5.83. The second-order valence-corrected chi connectivity index (χ2v) is 10.1. The van der Waals surface area contributed by atoms with Crippen molar-refractivity contribution in [2.75, 3.05) is 19.8 Å². The van der Waals surface area contributed by atoms with Crippen LogP contribution < -0.4 is 4.74 Å². The fraction of sp³-hybridized carbons (Fsp3) is 0.500. The van der Waals surface area contributed by atoms with Crippen LogP contribution in [0.3, 0.4) is 0 Å². The highest BCUT2D eigenvalue weighted by Crippen LogP contribution is 2.37. The number of rotatable bonds is 5. The third kappa shape index (κ3) is 4.10. The van der Waals surface area contributed by atoms with Gasteiger partial charge in [-0.1, -0.05) is 35.9 Å². The number of hydrogen-bond donors (Lipinski definition) is 3. The van der Waals surface area contributed by atoms with Crippen molar-refractivity contribution in [2.45, 2.75) is 56.0 Å². The number of hydrogen-bond acceptors (Lipinski definition) is 6. The topological polar surface area (TPSA) is 96.8 Å². The van der Waals surface area contributed by atoms with Gasteiger partial charge >= 0.3 is 0 Å². The lowest BCUT2D eigenvalue weighted by Gasteiger charge is -2.27. The Kier molecular flexibility index (Phi) is 5.99. The van der Waals surface area contributed by atoms with Gasteiger partial charge in [0.15, 0.2) is 12.0 Å². The maximum absolute atomic E-state index is 9.93. The number of aliphatic hydroxyl groups is 2. The third-order valence-corrected chi connectivity index (χ3v) is 7.84. The predicted octanol–water partition coefficient (Wildman–Crippen LogP) is 4.06. The summed E-state index contributed by atoms with van der Waals surface area (Å²) in [6.45, 7) is 0.941. The molecule has 3 aromatic rings. The van der Waals surface area contributed by atoms with Crippen LogP contribution in [-0.2, 0) is 9.47 Å². The summed E-state index contributed by atoms with van der Waals surface area (Å²) in [4.78, 5) is 8.04. The Labute approximate surface area is 203 Å². The van der Waals surface area contributed by atoms with E-state index < -0.39 is 6.10 Å². The highest BCUT2D eigenvalue weighted by atomic mass is 35.5. The molecule has 0 bridgehead atoms. The molecule has 1 aromatic carbocycles. The number of pyridine rings is 1. The standard InChI is InChI=1S/C26H29ClN2O5/c27-18-9-19-20(10-23(28-19)34-22-13-33-25-21(31)12-32-26(22)25)29-24(18)17-7-5-16(6-8-17)15-3-1-14(11-30)2-4-15/h5-10,14-15,21-22,25-26,28,30-31H,1-4,11-13H2/t14?,15?,21-,22-,25?,26-/m1/s1. The molecule has 0 spiro atoms. The molecular formula is C26H29ClN2O5. The molecule has 1 saturated carbocycles. The average molecular weight is 485 g/mol. The van der Waals surface area contributed by atoms with E-state index in [9.17, 15) is 10.2 Å². The van der Waals surface area contributed by atoms with Crippen LogP contribution in [0.2, 0.25) is 5.02 Å². The van der Waals surface area contributed by atoms with Crippen molar-refractivity contribution in [2.24, 2.45) is 5.92 Å². The van der Waals surface area contributed by atoms with Crippen LogP contribution in [0.25, 0.3) is 22.3 Å². The molecule has 180 valence electrons. The first-order valence-corrected chi connectivity index (χ1v) is 12.4. The minimum atomic E-state index is -0.605. The van der Waals surface area contributed by atoms with Gasteiger partial charge < -0.3 is 29.4 Å². The van der Waals surface area contributed by atoms with E-state index in [-0.39, 0.29) is 24.9 Å². The van der Waals surface area contributed by atoms with Crippen molar-refractivity contribution in [3.63, 3.8) is 0 Å². The minimum Gasteiger partial charge on any atom is -0.470 e. The summed E-state index contributed by atoms with van der Waals surface area (Å²) >= 11 is 6.61. The van der Waals surface area contributed by atoms with Crippen molar-refractivity contribution in [1.29, 1.82) is 0 Å². The number of aromatic nitrogens is 2. The quantitative estimate of drug-likeness (QED) is 0.505. The summed E-state index contributed by atoms with van der Waals surface area (Å²) < 4.78 is 17.4. The van der Waals surface area contributed by atoms with Gasteiger partial charge in [-0.2, -0.15) is 0 Å². The minimum absolute atomic E-state index is 0.269. The molecule has 3 N–H and O–H groups in total. The van der Waals surface area contributed by atoms with Gasteiger partial charge in [-0.3, -0.25) is 0 Å². The Balaban J connectivity index is 1.19. The highest BCUT2D eigenvalue weighted by Gasteiger charge is 2.48. The van der Waals surface area contributed by atoms with Crippen LogP contribution in [0.4, 0.5) is 0 Å². The monoisotopic (exact) mass is 484 g/mol. The van der Waals surface area contributed by atoms with Crippen molar-refractivity contribution in [1.82, 2.24) is 9.97 Å². The Morgan fingerprint density at radius 1 is 1.03 bits per heavy atom. The Morgan fingerprint density at radius 3 is 2.56 bits per heavy atom. The van der Waals surface area contributed by atoms with E-state index in [4.69, 9.17) is 30.8 Å². The zero-order valence-corrected chi connectivity index (χ0v) is 19.6. The van der Waals surface area contributed by atoms with E-state index in [0.29, 0.717) is 36.0 Å². The van der Waals surface area contributed by atoms with Gasteiger partial charge in [-0.05, 0) is 49.1 Å². The molecular weight excluding hydrogens is 456 g/mol. The molecule has 1 aliphatic carbocycles. The predicted molar refractivity (Wildman–Crippen MR) is 128 cm³/mol. The van der Waals surface area contributed by atoms with Crippen LogP contribution >= 0.6 is 11.6 Å². The van der Waals surface area contributed by atoms with Crippen LogP contribution in [0, 0.1) is 5.92 Å². The first-order chi connectivity index (χ1) is 16.6. The largest absolute Gasteiger partial charge is 0.470 e. The third-order valence-electron chi connectivity index (χ3n) is 7.55. The lowest BCUT2D eigenvalue weighted by molar-refractivity contribution is 0.00794. The summed E-state index contributed by atoms with van der Waals surface area (Å²) in [5, 5.41) is 19.9. The van der Waals surface area contributed by atoms with E-state index in [1.165, 1.54) is 5.56 Å². The molecule has 34 heavy (non-hydrogen) atoms. The number of benzene rings is 1. The molecule has 0 amide bonds. The molecule has 2 aliphatic heterocycles. The summed E-state index contributed by atoms with van der Waals surface area (Å²) in [7, 11) is 0. The summed E-state index contributed by atoms with van der Waals surface area (Å²) in [5.74, 6) is 1.58. The Hall–Kier alpha value is -2.16. The van der Waals surface area contributed by atoms with Gasteiger partial charge in [-0.15, -0.1) is 0 Å². The van der Waals surface area contributed by atoms with Gasteiger partial charge in [0.25, 0.3) is 0 Å². The molecule has 3 aliphatic rings. The van der Waals surface area contributed by atoms with Crippen LogP contribution in [-0.4, -0.2) is 64.4 Å². The molecule has 2 saturated heterocycles. The maximum Gasteiger partial charge on any atom is 0.193 e. The van der Waals surface area contributed by atoms with Crippen molar-refractivity contribution < 1.29 is 24.4 Å². The summed E-state index contributed by atoms with van der Waals surface area (Å²) in [6, 6.07) is 12.3. The number of H-pyrrole nitrogens is 1. The number of aliphatic hydroxyl groups excluding tert-OH is 2. The molecule has 7 nitrogen and oxygen atoms in total. The van der Waals surface area contributed by atoms with Crippen molar-refractivity contribution in [3.05, 3.63) is 47.0 Å². The Morgan fingerprint density at radius 2 is 1.79 bits per heavy atom. The van der Waals surface area contributed by atoms with Gasteiger partial charge in [0.2, 0.25) is 0 Å². The molecule has 4 atom stereocenters. The molecule has 0 radical (unpaired) electrons. The van der Waals surface area contributed by atoms with Crippen LogP contribution in [0.5, 0.6) is 5.88 Å². The SMILES string of the molecule is OCC1CCC(c2ccc(-c3nc4cc(O[C@@H]5COC6[C@H](O)CO[C@@H]65)[nH]c4cc3Cl)cc2)CC1. The molecule has 8 heteroatoms. The number of nitrogens with one attached hydrogen (secondary N) is 1. The van der Waals surface area contributed by atoms with Crippen molar-refractivity contribution >= 4 is 22.6 Å². The zero-order valence-electron chi connectivity index (χ0n) is 18.8. The maximum atomic E-state index is 9.93. The second kappa shape index (κ2) is 9.13.